The van der Waals surface area contributed by atoms with Gasteiger partial charge in [0.05, 0.1) is 17.5 Å². The molecule has 7 heteroatoms. The highest BCUT2D eigenvalue weighted by Crippen LogP contribution is 2.39. The minimum atomic E-state index is -1.05. The minimum Gasteiger partial charge on any atom is -0.477 e. The summed E-state index contributed by atoms with van der Waals surface area (Å²) in [6.07, 6.45) is 5.50. The van der Waals surface area contributed by atoms with Crippen LogP contribution < -0.4 is 4.74 Å². The lowest BCUT2D eigenvalue weighted by Gasteiger charge is -2.22. The van der Waals surface area contributed by atoms with E-state index < -0.39 is 5.97 Å². The summed E-state index contributed by atoms with van der Waals surface area (Å²) in [6.45, 7) is 3.92. The van der Waals surface area contributed by atoms with Crippen LogP contribution in [0.1, 0.15) is 62.5 Å². The largest absolute Gasteiger partial charge is 0.477 e. The maximum absolute atomic E-state index is 11.8. The third-order valence-electron chi connectivity index (χ3n) is 5.27. The fourth-order valence-electron chi connectivity index (χ4n) is 3.96. The van der Waals surface area contributed by atoms with Gasteiger partial charge < -0.3 is 9.84 Å². The van der Waals surface area contributed by atoms with Crippen molar-refractivity contribution in [2.24, 2.45) is 0 Å². The molecule has 2 heterocycles. The summed E-state index contributed by atoms with van der Waals surface area (Å²) >= 11 is 3.46. The molecule has 1 aromatic carbocycles. The Labute approximate surface area is 178 Å². The minimum absolute atomic E-state index is 0.0171. The second kappa shape index (κ2) is 8.14. The SMILES string of the molecule is CC(C)Oc1nn(C2CCCCC2)c2nc(C(=O)O)cc(-c3ccc(Br)cc3)c12. The van der Waals surface area contributed by atoms with E-state index in [1.807, 2.05) is 42.8 Å². The third kappa shape index (κ3) is 4.01. The van der Waals surface area contributed by atoms with Gasteiger partial charge in [0.1, 0.15) is 0 Å². The Kier molecular flexibility index (Phi) is 5.58. The summed E-state index contributed by atoms with van der Waals surface area (Å²) in [5.41, 5.74) is 2.28. The summed E-state index contributed by atoms with van der Waals surface area (Å²) in [5, 5.41) is 15.2. The molecule has 1 aliphatic rings. The molecule has 29 heavy (non-hydrogen) atoms. The van der Waals surface area contributed by atoms with Crippen molar-refractivity contribution < 1.29 is 14.6 Å². The molecule has 0 unspecified atom stereocenters. The van der Waals surface area contributed by atoms with Gasteiger partial charge in [-0.3, -0.25) is 0 Å². The van der Waals surface area contributed by atoms with Gasteiger partial charge in [0.2, 0.25) is 5.88 Å². The fourth-order valence-corrected chi connectivity index (χ4v) is 4.22. The van der Waals surface area contributed by atoms with Crippen LogP contribution in [-0.2, 0) is 0 Å². The highest BCUT2D eigenvalue weighted by molar-refractivity contribution is 9.10. The van der Waals surface area contributed by atoms with Crippen molar-refractivity contribution in [3.8, 4) is 17.0 Å². The zero-order valence-corrected chi connectivity index (χ0v) is 18.1. The normalized spacial score (nSPS) is 15.2. The summed E-state index contributed by atoms with van der Waals surface area (Å²) in [5.74, 6) is -0.532. The van der Waals surface area contributed by atoms with Crippen LogP contribution in [0.4, 0.5) is 0 Å². The second-order valence-electron chi connectivity index (χ2n) is 7.77. The van der Waals surface area contributed by atoms with E-state index in [4.69, 9.17) is 9.84 Å². The van der Waals surface area contributed by atoms with Gasteiger partial charge in [-0.2, -0.15) is 0 Å². The Balaban J connectivity index is 2.00. The molecule has 0 aliphatic heterocycles. The first kappa shape index (κ1) is 19.9. The number of ether oxygens (including phenoxy) is 1. The molecule has 1 aliphatic carbocycles. The molecule has 4 rings (SSSR count). The zero-order chi connectivity index (χ0) is 20.5. The number of pyridine rings is 1. The molecule has 0 amide bonds. The van der Waals surface area contributed by atoms with Crippen LogP contribution in [0.15, 0.2) is 34.8 Å². The molecule has 0 bridgehead atoms. The molecule has 1 N–H and O–H groups in total. The number of carboxylic acids is 1. The number of halogens is 1. The monoisotopic (exact) mass is 457 g/mol. The molecule has 2 aromatic heterocycles. The van der Waals surface area contributed by atoms with Crippen LogP contribution in [0.2, 0.25) is 0 Å². The molecular formula is C22H24BrN3O3. The first-order chi connectivity index (χ1) is 13.9. The van der Waals surface area contributed by atoms with Gasteiger partial charge >= 0.3 is 5.97 Å². The average molecular weight is 458 g/mol. The number of carboxylic acid groups (broad SMARTS) is 1. The van der Waals surface area contributed by atoms with E-state index in [9.17, 15) is 9.90 Å². The van der Waals surface area contributed by atoms with Gasteiger partial charge in [-0.05, 0) is 50.5 Å². The van der Waals surface area contributed by atoms with E-state index in [2.05, 4.69) is 20.9 Å². The van der Waals surface area contributed by atoms with E-state index >= 15 is 0 Å². The number of rotatable bonds is 5. The number of hydrogen-bond acceptors (Lipinski definition) is 4. The van der Waals surface area contributed by atoms with Gasteiger partial charge in [0.15, 0.2) is 11.3 Å². The second-order valence-corrected chi connectivity index (χ2v) is 8.69. The van der Waals surface area contributed by atoms with Crippen molar-refractivity contribution in [1.29, 1.82) is 0 Å². The Morgan fingerprint density at radius 2 is 1.90 bits per heavy atom. The third-order valence-corrected chi connectivity index (χ3v) is 5.80. The van der Waals surface area contributed by atoms with Crippen LogP contribution in [0, 0.1) is 0 Å². The number of aromatic carboxylic acids is 1. The quantitative estimate of drug-likeness (QED) is 0.519. The molecule has 152 valence electrons. The topological polar surface area (TPSA) is 77.2 Å². The van der Waals surface area contributed by atoms with Gasteiger partial charge in [-0.1, -0.05) is 47.3 Å². The van der Waals surface area contributed by atoms with Crippen LogP contribution in [0.5, 0.6) is 5.88 Å². The summed E-state index contributed by atoms with van der Waals surface area (Å²) in [7, 11) is 0. The average Bonchev–Trinajstić information content (AvgIpc) is 3.06. The molecule has 0 spiro atoms. The maximum Gasteiger partial charge on any atom is 0.354 e. The van der Waals surface area contributed by atoms with E-state index in [1.54, 1.807) is 6.07 Å². The van der Waals surface area contributed by atoms with Crippen molar-refractivity contribution in [2.45, 2.75) is 58.1 Å². The van der Waals surface area contributed by atoms with Crippen molar-refractivity contribution in [1.82, 2.24) is 14.8 Å². The summed E-state index contributed by atoms with van der Waals surface area (Å²) < 4.78 is 8.92. The standard InChI is InChI=1S/C22H24BrN3O3/c1-13(2)29-21-19-17(14-8-10-15(23)11-9-14)12-18(22(27)28)24-20(19)26(25-21)16-6-4-3-5-7-16/h8-13,16H,3-7H2,1-2H3,(H,27,28). The Hall–Kier alpha value is -2.41. The summed E-state index contributed by atoms with van der Waals surface area (Å²) in [6, 6.07) is 9.63. The van der Waals surface area contributed by atoms with E-state index in [-0.39, 0.29) is 17.8 Å². The number of benzene rings is 1. The van der Waals surface area contributed by atoms with E-state index in [0.717, 1.165) is 46.7 Å². The highest BCUT2D eigenvalue weighted by Gasteiger charge is 2.26. The number of aromatic nitrogens is 3. The number of hydrogen-bond donors (Lipinski definition) is 1. The van der Waals surface area contributed by atoms with Crippen molar-refractivity contribution in [3.63, 3.8) is 0 Å². The molecular weight excluding hydrogens is 434 g/mol. The van der Waals surface area contributed by atoms with Crippen LogP contribution in [0.25, 0.3) is 22.2 Å². The number of fused-ring (bicyclic) bond motifs is 1. The highest BCUT2D eigenvalue weighted by atomic mass is 79.9. The fraction of sp³-hybridized carbons (Fsp3) is 0.409. The lowest BCUT2D eigenvalue weighted by molar-refractivity contribution is 0.0691. The predicted octanol–water partition coefficient (Wildman–Crippen LogP) is 5.85. The van der Waals surface area contributed by atoms with E-state index in [1.165, 1.54) is 6.42 Å². The van der Waals surface area contributed by atoms with Crippen LogP contribution >= 0.6 is 15.9 Å². The van der Waals surface area contributed by atoms with Crippen LogP contribution in [0.3, 0.4) is 0 Å². The van der Waals surface area contributed by atoms with Gasteiger partial charge in [0.25, 0.3) is 0 Å². The molecule has 0 radical (unpaired) electrons. The Morgan fingerprint density at radius 3 is 2.52 bits per heavy atom. The molecule has 1 fully saturated rings. The Morgan fingerprint density at radius 1 is 1.21 bits per heavy atom. The smallest absolute Gasteiger partial charge is 0.354 e. The number of nitrogens with zero attached hydrogens (tertiary/aromatic N) is 3. The van der Waals surface area contributed by atoms with Gasteiger partial charge in [0, 0.05) is 10.0 Å². The van der Waals surface area contributed by atoms with Crippen LogP contribution in [-0.4, -0.2) is 31.9 Å². The Bertz CT molecular complexity index is 1040. The van der Waals surface area contributed by atoms with Crippen molar-refractivity contribution in [3.05, 3.63) is 40.5 Å². The van der Waals surface area contributed by atoms with Gasteiger partial charge in [-0.15, -0.1) is 5.10 Å². The van der Waals surface area contributed by atoms with Gasteiger partial charge in [-0.25, -0.2) is 14.5 Å². The number of carbonyl (C=O) groups is 1. The zero-order valence-electron chi connectivity index (χ0n) is 16.6. The predicted molar refractivity (Wildman–Crippen MR) is 116 cm³/mol. The first-order valence-corrected chi connectivity index (χ1v) is 10.8. The molecule has 1 saturated carbocycles. The van der Waals surface area contributed by atoms with E-state index in [0.29, 0.717) is 11.5 Å². The first-order valence-electron chi connectivity index (χ1n) is 10.0. The molecule has 0 atom stereocenters. The molecule has 3 aromatic rings. The lowest BCUT2D eigenvalue weighted by Crippen LogP contribution is -2.15. The lowest BCUT2D eigenvalue weighted by atomic mass is 9.95. The van der Waals surface area contributed by atoms with Crippen molar-refractivity contribution in [2.75, 3.05) is 0 Å². The maximum atomic E-state index is 11.8. The van der Waals surface area contributed by atoms with Crippen molar-refractivity contribution >= 4 is 32.9 Å². The molecule has 0 saturated heterocycles. The summed E-state index contributed by atoms with van der Waals surface area (Å²) in [4.78, 5) is 16.3. The molecule has 6 nitrogen and oxygen atoms in total.